The molecule has 0 saturated carbocycles. The Labute approximate surface area is 113 Å². The van der Waals surface area contributed by atoms with Crippen molar-refractivity contribution >= 4 is 22.4 Å². The molecule has 0 amide bonds. The molecule has 0 saturated heterocycles. The molecule has 4 rings (SSSR count). The Morgan fingerprint density at radius 1 is 0.684 bits per heavy atom. The molecule has 3 aromatic rings. The van der Waals surface area contributed by atoms with Gasteiger partial charge in [-0.15, -0.1) is 0 Å². The van der Waals surface area contributed by atoms with Gasteiger partial charge in [-0.25, -0.2) is 0 Å². The van der Waals surface area contributed by atoms with Crippen LogP contribution in [0, 0.1) is 0 Å². The molecule has 0 N–H and O–H groups in total. The van der Waals surface area contributed by atoms with Gasteiger partial charge in [0.05, 0.1) is 0 Å². The van der Waals surface area contributed by atoms with Crippen molar-refractivity contribution in [1.29, 1.82) is 0 Å². The van der Waals surface area contributed by atoms with Crippen LogP contribution < -0.4 is 0 Å². The number of hydrogen-bond acceptors (Lipinski definition) is 0. The fourth-order valence-electron chi connectivity index (χ4n) is 2.85. The molecule has 0 spiro atoms. The van der Waals surface area contributed by atoms with Crippen molar-refractivity contribution < 1.29 is 0 Å². The van der Waals surface area contributed by atoms with Gasteiger partial charge in [0.1, 0.15) is 0 Å². The van der Waals surface area contributed by atoms with Crippen LogP contribution in [0.4, 0.5) is 0 Å². The molecular formula is C19H14. The average Bonchev–Trinajstić information content (AvgIpc) is 2.90. The molecule has 0 radical (unpaired) electrons. The van der Waals surface area contributed by atoms with E-state index in [4.69, 9.17) is 0 Å². The normalized spacial score (nSPS) is 13.4. The van der Waals surface area contributed by atoms with Gasteiger partial charge in [-0.2, -0.15) is 0 Å². The molecule has 0 heteroatoms. The summed E-state index contributed by atoms with van der Waals surface area (Å²) in [6.45, 7) is 0. The van der Waals surface area contributed by atoms with E-state index in [9.17, 15) is 0 Å². The lowest BCUT2D eigenvalue weighted by Crippen LogP contribution is -1.85. The van der Waals surface area contributed by atoms with Gasteiger partial charge < -0.3 is 0 Å². The van der Waals surface area contributed by atoms with Crippen LogP contribution in [0.25, 0.3) is 22.4 Å². The van der Waals surface area contributed by atoms with Crippen LogP contribution in [0.5, 0.6) is 0 Å². The molecule has 0 unspecified atom stereocenters. The summed E-state index contributed by atoms with van der Waals surface area (Å²) in [4.78, 5) is 0. The molecule has 0 heterocycles. The van der Waals surface area contributed by atoms with Gasteiger partial charge in [-0.1, -0.05) is 66.7 Å². The topological polar surface area (TPSA) is 0 Å². The fourth-order valence-corrected chi connectivity index (χ4v) is 2.85. The van der Waals surface area contributed by atoms with Gasteiger partial charge in [-0.05, 0) is 45.5 Å². The minimum atomic E-state index is 1.05. The van der Waals surface area contributed by atoms with Gasteiger partial charge in [-0.3, -0.25) is 0 Å². The number of allylic oxidation sites excluding steroid dienone is 1. The molecule has 1 aliphatic carbocycles. The molecule has 3 aromatic carbocycles. The van der Waals surface area contributed by atoms with Gasteiger partial charge in [0.2, 0.25) is 0 Å². The third kappa shape index (κ3) is 1.77. The minimum absolute atomic E-state index is 1.05. The molecule has 0 atom stereocenters. The summed E-state index contributed by atoms with van der Waals surface area (Å²) in [6, 6.07) is 23.9. The van der Waals surface area contributed by atoms with Crippen molar-refractivity contribution in [3.8, 4) is 0 Å². The molecular weight excluding hydrogens is 228 g/mol. The Morgan fingerprint density at radius 3 is 2.37 bits per heavy atom. The third-order valence-corrected chi connectivity index (χ3v) is 3.89. The Hall–Kier alpha value is -2.34. The monoisotopic (exact) mass is 242 g/mol. The highest BCUT2D eigenvalue weighted by Gasteiger charge is 2.13. The van der Waals surface area contributed by atoms with Crippen molar-refractivity contribution in [3.63, 3.8) is 0 Å². The molecule has 1 aliphatic rings. The van der Waals surface area contributed by atoms with Crippen LogP contribution in [0.1, 0.15) is 16.7 Å². The van der Waals surface area contributed by atoms with Crippen molar-refractivity contribution in [2.24, 2.45) is 0 Å². The van der Waals surface area contributed by atoms with Crippen LogP contribution >= 0.6 is 0 Å². The Bertz CT molecular complexity index is 794. The van der Waals surface area contributed by atoms with Crippen LogP contribution in [-0.4, -0.2) is 0 Å². The third-order valence-electron chi connectivity index (χ3n) is 3.89. The highest BCUT2D eigenvalue weighted by atomic mass is 14.2. The zero-order valence-electron chi connectivity index (χ0n) is 10.6. The second-order valence-corrected chi connectivity index (χ2v) is 5.11. The second kappa shape index (κ2) is 4.10. The van der Waals surface area contributed by atoms with Gasteiger partial charge in [0.25, 0.3) is 0 Å². The average molecular weight is 242 g/mol. The van der Waals surface area contributed by atoms with E-state index in [-0.39, 0.29) is 0 Å². The lowest BCUT2D eigenvalue weighted by atomic mass is 10.00. The maximum Gasteiger partial charge on any atom is -0.00137 e. The quantitative estimate of drug-likeness (QED) is 0.567. The van der Waals surface area contributed by atoms with E-state index < -0.39 is 0 Å². The zero-order chi connectivity index (χ0) is 12.7. The van der Waals surface area contributed by atoms with E-state index in [2.05, 4.69) is 72.8 Å². The molecule has 19 heavy (non-hydrogen) atoms. The zero-order valence-corrected chi connectivity index (χ0v) is 10.6. The highest BCUT2D eigenvalue weighted by Crippen LogP contribution is 2.32. The van der Waals surface area contributed by atoms with Gasteiger partial charge in [0.15, 0.2) is 0 Å². The van der Waals surface area contributed by atoms with Crippen LogP contribution in [0.15, 0.2) is 66.7 Å². The van der Waals surface area contributed by atoms with Crippen molar-refractivity contribution in [3.05, 3.63) is 83.4 Å². The number of fused-ring (bicyclic) bond motifs is 2. The predicted octanol–water partition coefficient (Wildman–Crippen LogP) is 4.94. The van der Waals surface area contributed by atoms with Crippen LogP contribution in [-0.2, 0) is 6.42 Å². The first kappa shape index (κ1) is 10.6. The summed E-state index contributed by atoms with van der Waals surface area (Å²) in [5.74, 6) is 0. The lowest BCUT2D eigenvalue weighted by molar-refractivity contribution is 1.32. The molecule has 0 bridgehead atoms. The van der Waals surface area contributed by atoms with Crippen LogP contribution in [0.3, 0.4) is 0 Å². The molecule has 90 valence electrons. The Morgan fingerprint density at radius 2 is 1.47 bits per heavy atom. The van der Waals surface area contributed by atoms with Crippen molar-refractivity contribution in [2.75, 3.05) is 0 Å². The summed E-state index contributed by atoms with van der Waals surface area (Å²) < 4.78 is 0. The second-order valence-electron chi connectivity index (χ2n) is 5.11. The molecule has 0 fully saturated rings. The number of hydrogen-bond donors (Lipinski definition) is 0. The molecule has 0 aromatic heterocycles. The van der Waals surface area contributed by atoms with E-state index in [1.54, 1.807) is 0 Å². The number of benzene rings is 3. The summed E-state index contributed by atoms with van der Waals surface area (Å²) in [7, 11) is 0. The minimum Gasteiger partial charge on any atom is -0.0619 e. The summed E-state index contributed by atoms with van der Waals surface area (Å²) in [6.07, 6.45) is 3.37. The van der Waals surface area contributed by atoms with Crippen molar-refractivity contribution in [1.82, 2.24) is 0 Å². The standard InChI is InChI=1S/C19H14/c1-2-6-15-11-18(10-9-14(15)5-1)19-12-16-7-3-4-8-17(16)13-19/h1-12H,13H2. The predicted molar refractivity (Wildman–Crippen MR) is 82.0 cm³/mol. The van der Waals surface area contributed by atoms with E-state index in [1.165, 1.54) is 33.0 Å². The first-order valence-corrected chi connectivity index (χ1v) is 6.68. The first-order valence-electron chi connectivity index (χ1n) is 6.68. The summed E-state index contributed by atoms with van der Waals surface area (Å²) in [5.41, 5.74) is 5.57. The number of rotatable bonds is 1. The van der Waals surface area contributed by atoms with E-state index >= 15 is 0 Å². The summed E-state index contributed by atoms with van der Waals surface area (Å²) >= 11 is 0. The Balaban J connectivity index is 1.81. The molecule has 0 nitrogen and oxygen atoms in total. The van der Waals surface area contributed by atoms with E-state index in [1.807, 2.05) is 0 Å². The van der Waals surface area contributed by atoms with Gasteiger partial charge in [0, 0.05) is 0 Å². The smallest absolute Gasteiger partial charge is 0.00137 e. The van der Waals surface area contributed by atoms with E-state index in [0.717, 1.165) is 6.42 Å². The SMILES string of the molecule is C1=C(c2ccc3ccccc3c2)Cc2ccccc21. The largest absolute Gasteiger partial charge is 0.0619 e. The summed E-state index contributed by atoms with van der Waals surface area (Å²) in [5, 5.41) is 2.62. The van der Waals surface area contributed by atoms with Crippen molar-refractivity contribution in [2.45, 2.75) is 6.42 Å². The molecule has 0 aliphatic heterocycles. The Kier molecular flexibility index (Phi) is 2.28. The first-order chi connectivity index (χ1) is 9.40. The van der Waals surface area contributed by atoms with Crippen LogP contribution in [0.2, 0.25) is 0 Å². The lowest BCUT2D eigenvalue weighted by Gasteiger charge is -2.04. The fraction of sp³-hybridized carbons (Fsp3) is 0.0526. The highest BCUT2D eigenvalue weighted by molar-refractivity contribution is 5.93. The van der Waals surface area contributed by atoms with E-state index in [0.29, 0.717) is 0 Å². The maximum absolute atomic E-state index is 2.32. The maximum atomic E-state index is 2.32. The van der Waals surface area contributed by atoms with Gasteiger partial charge >= 0.3 is 0 Å².